The number of benzene rings is 2. The van der Waals surface area contributed by atoms with Gasteiger partial charge in [0, 0.05) is 5.41 Å². The summed E-state index contributed by atoms with van der Waals surface area (Å²) < 4.78 is 38.8. The molecule has 6 heteroatoms. The van der Waals surface area contributed by atoms with Crippen molar-refractivity contribution >= 4 is 10.4 Å². The van der Waals surface area contributed by atoms with Crippen LogP contribution in [-0.2, 0) is 20.0 Å². The Morgan fingerprint density at radius 3 is 2.04 bits per heavy atom. The Labute approximate surface area is 136 Å². The molecule has 0 aliphatic heterocycles. The Bertz CT molecular complexity index is 721. The van der Waals surface area contributed by atoms with Gasteiger partial charge in [-0.05, 0) is 23.3 Å². The molecule has 0 amide bonds. The van der Waals surface area contributed by atoms with Crippen LogP contribution in [-0.4, -0.2) is 26.2 Å². The van der Waals surface area contributed by atoms with Gasteiger partial charge in [-0.15, -0.1) is 0 Å². The van der Waals surface area contributed by atoms with Gasteiger partial charge >= 0.3 is 10.4 Å². The van der Waals surface area contributed by atoms with Crippen LogP contribution in [0.25, 0.3) is 0 Å². The van der Waals surface area contributed by atoms with E-state index in [0.29, 0.717) is 5.75 Å². The largest absolute Gasteiger partial charge is 0.491 e. The van der Waals surface area contributed by atoms with Crippen molar-refractivity contribution in [3.8, 4) is 5.75 Å². The Morgan fingerprint density at radius 2 is 1.48 bits per heavy atom. The fourth-order valence-electron chi connectivity index (χ4n) is 2.29. The third-order valence-corrected chi connectivity index (χ3v) is 4.12. The zero-order valence-corrected chi connectivity index (χ0v) is 13.9. The summed E-state index contributed by atoms with van der Waals surface area (Å²) in [5, 5.41) is 0. The number of ether oxygens (including phenoxy) is 1. The van der Waals surface area contributed by atoms with Crippen LogP contribution in [0.5, 0.6) is 5.75 Å². The average Bonchev–Trinajstić information content (AvgIpc) is 2.52. The van der Waals surface area contributed by atoms with Crippen LogP contribution >= 0.6 is 0 Å². The molecule has 0 aliphatic rings. The van der Waals surface area contributed by atoms with Crippen LogP contribution in [0.2, 0.25) is 0 Å². The third-order valence-electron chi connectivity index (χ3n) is 3.66. The normalized spacial score (nSPS) is 12.1. The van der Waals surface area contributed by atoms with E-state index in [2.05, 4.69) is 30.2 Å². The highest BCUT2D eigenvalue weighted by Gasteiger charge is 2.22. The van der Waals surface area contributed by atoms with E-state index in [9.17, 15) is 8.42 Å². The Balaban J connectivity index is 1.99. The molecule has 0 unspecified atom stereocenters. The lowest BCUT2D eigenvalue weighted by atomic mass is 9.78. The highest BCUT2D eigenvalue weighted by atomic mass is 32.3. The van der Waals surface area contributed by atoms with Gasteiger partial charge in [-0.3, -0.25) is 4.55 Å². The highest BCUT2D eigenvalue weighted by molar-refractivity contribution is 7.80. The molecule has 0 bridgehead atoms. The van der Waals surface area contributed by atoms with Gasteiger partial charge < -0.3 is 4.74 Å². The molecule has 5 nitrogen and oxygen atoms in total. The minimum atomic E-state index is -4.42. The molecule has 23 heavy (non-hydrogen) atoms. The van der Waals surface area contributed by atoms with Crippen LogP contribution in [0.1, 0.15) is 25.0 Å². The van der Waals surface area contributed by atoms with Crippen molar-refractivity contribution in [1.29, 1.82) is 0 Å². The van der Waals surface area contributed by atoms with E-state index in [4.69, 9.17) is 9.29 Å². The minimum Gasteiger partial charge on any atom is -0.491 e. The number of hydrogen-bond donors (Lipinski definition) is 1. The molecule has 0 aliphatic carbocycles. The first-order valence-electron chi connectivity index (χ1n) is 7.20. The fourth-order valence-corrected chi connectivity index (χ4v) is 2.57. The SMILES string of the molecule is CC(C)(c1ccccc1)c1ccc(OCCOS(=O)(=O)O)cc1. The monoisotopic (exact) mass is 336 g/mol. The zero-order chi connectivity index (χ0) is 16.9. The van der Waals surface area contributed by atoms with Gasteiger partial charge in [0.2, 0.25) is 0 Å². The quantitative estimate of drug-likeness (QED) is 0.621. The van der Waals surface area contributed by atoms with Gasteiger partial charge in [0.05, 0.1) is 0 Å². The molecule has 0 saturated heterocycles. The predicted octanol–water partition coefficient (Wildman–Crippen LogP) is 3.21. The van der Waals surface area contributed by atoms with Gasteiger partial charge in [0.25, 0.3) is 0 Å². The molecule has 2 aromatic rings. The molecule has 0 spiro atoms. The van der Waals surface area contributed by atoms with Gasteiger partial charge in [-0.1, -0.05) is 56.3 Å². The van der Waals surface area contributed by atoms with E-state index in [1.165, 1.54) is 5.56 Å². The molecule has 124 valence electrons. The highest BCUT2D eigenvalue weighted by Crippen LogP contribution is 2.32. The summed E-state index contributed by atoms with van der Waals surface area (Å²) in [5.41, 5.74) is 2.23. The maximum absolute atomic E-state index is 10.4. The molecule has 0 aromatic heterocycles. The van der Waals surface area contributed by atoms with Crippen LogP contribution in [0.3, 0.4) is 0 Å². The van der Waals surface area contributed by atoms with E-state index < -0.39 is 10.4 Å². The van der Waals surface area contributed by atoms with E-state index in [0.717, 1.165) is 5.56 Å². The predicted molar refractivity (Wildman–Crippen MR) is 88.0 cm³/mol. The van der Waals surface area contributed by atoms with Crippen LogP contribution < -0.4 is 4.74 Å². The molecule has 1 N–H and O–H groups in total. The maximum Gasteiger partial charge on any atom is 0.397 e. The van der Waals surface area contributed by atoms with Crippen molar-refractivity contribution < 1.29 is 21.9 Å². The standard InChI is InChI=1S/C17H20O5S/c1-17(2,14-6-4-3-5-7-14)15-8-10-16(11-9-15)21-12-13-22-23(18,19)20/h3-11H,12-13H2,1-2H3,(H,18,19,20). The lowest BCUT2D eigenvalue weighted by Crippen LogP contribution is -2.18. The summed E-state index contributed by atoms with van der Waals surface area (Å²) in [7, 11) is -4.42. The van der Waals surface area contributed by atoms with Crippen LogP contribution in [0.4, 0.5) is 0 Å². The molecule has 2 rings (SSSR count). The second-order valence-corrected chi connectivity index (χ2v) is 6.70. The van der Waals surface area contributed by atoms with Crippen molar-refractivity contribution in [1.82, 2.24) is 0 Å². The van der Waals surface area contributed by atoms with Crippen molar-refractivity contribution in [2.75, 3.05) is 13.2 Å². The third kappa shape index (κ3) is 5.06. The van der Waals surface area contributed by atoms with E-state index >= 15 is 0 Å². The Morgan fingerprint density at radius 1 is 0.913 bits per heavy atom. The average molecular weight is 336 g/mol. The lowest BCUT2D eigenvalue weighted by Gasteiger charge is -2.26. The maximum atomic E-state index is 10.4. The lowest BCUT2D eigenvalue weighted by molar-refractivity contribution is 0.201. The summed E-state index contributed by atoms with van der Waals surface area (Å²) in [6, 6.07) is 17.8. The van der Waals surface area contributed by atoms with Crippen molar-refractivity contribution in [2.24, 2.45) is 0 Å². The van der Waals surface area contributed by atoms with E-state index in [-0.39, 0.29) is 18.6 Å². The molecular formula is C17H20O5S. The summed E-state index contributed by atoms with van der Waals surface area (Å²) in [4.78, 5) is 0. The second kappa shape index (κ2) is 7.12. The van der Waals surface area contributed by atoms with E-state index in [1.54, 1.807) is 0 Å². The molecule has 0 fully saturated rings. The molecule has 0 radical (unpaired) electrons. The zero-order valence-electron chi connectivity index (χ0n) is 13.1. The first-order valence-corrected chi connectivity index (χ1v) is 8.56. The van der Waals surface area contributed by atoms with Gasteiger partial charge in [0.15, 0.2) is 0 Å². The van der Waals surface area contributed by atoms with Gasteiger partial charge in [-0.25, -0.2) is 4.18 Å². The number of rotatable bonds is 7. The summed E-state index contributed by atoms with van der Waals surface area (Å²) in [5.74, 6) is 0.608. The smallest absolute Gasteiger partial charge is 0.397 e. The first-order chi connectivity index (χ1) is 10.8. The molecule has 2 aromatic carbocycles. The summed E-state index contributed by atoms with van der Waals surface area (Å²) in [6.45, 7) is 4.09. The fraction of sp³-hybridized carbons (Fsp3) is 0.294. The Hall–Kier alpha value is -1.89. The summed E-state index contributed by atoms with van der Waals surface area (Å²) in [6.07, 6.45) is 0. The van der Waals surface area contributed by atoms with Crippen molar-refractivity contribution in [3.05, 3.63) is 65.7 Å². The van der Waals surface area contributed by atoms with Gasteiger partial charge in [-0.2, -0.15) is 8.42 Å². The number of hydrogen-bond acceptors (Lipinski definition) is 4. The first kappa shape index (κ1) is 17.5. The molecule has 0 atom stereocenters. The van der Waals surface area contributed by atoms with Gasteiger partial charge in [0.1, 0.15) is 19.0 Å². The summed E-state index contributed by atoms with van der Waals surface area (Å²) >= 11 is 0. The van der Waals surface area contributed by atoms with Crippen LogP contribution in [0.15, 0.2) is 54.6 Å². The topological polar surface area (TPSA) is 72.8 Å². The van der Waals surface area contributed by atoms with Crippen molar-refractivity contribution in [3.63, 3.8) is 0 Å². The molecular weight excluding hydrogens is 316 g/mol. The molecule has 0 heterocycles. The Kier molecular flexibility index (Phi) is 5.41. The minimum absolute atomic E-state index is 0.0290. The van der Waals surface area contributed by atoms with Crippen LogP contribution in [0, 0.1) is 0 Å². The van der Waals surface area contributed by atoms with Crippen molar-refractivity contribution in [2.45, 2.75) is 19.3 Å². The van der Waals surface area contributed by atoms with E-state index in [1.807, 2.05) is 42.5 Å². The molecule has 0 saturated carbocycles. The second-order valence-electron chi connectivity index (χ2n) is 5.61.